The normalized spacial score (nSPS) is 11.7. The van der Waals surface area contributed by atoms with Gasteiger partial charge in [0.15, 0.2) is 0 Å². The molecule has 0 aromatic carbocycles. The lowest BCUT2D eigenvalue weighted by atomic mass is 10.2. The van der Waals surface area contributed by atoms with Crippen molar-refractivity contribution in [3.05, 3.63) is 0 Å². The third-order valence-electron chi connectivity index (χ3n) is 1.90. The quantitative estimate of drug-likeness (QED) is 0.455. The first-order valence-corrected chi connectivity index (χ1v) is 7.07. The van der Waals surface area contributed by atoms with E-state index in [0.717, 1.165) is 19.3 Å². The van der Waals surface area contributed by atoms with Gasteiger partial charge in [-0.25, -0.2) is 0 Å². The van der Waals surface area contributed by atoms with Gasteiger partial charge in [-0.3, -0.25) is 9.36 Å². The molecule has 0 saturated heterocycles. The molecule has 0 atom stereocenters. The molecule has 0 aliphatic heterocycles. The maximum absolute atomic E-state index is 11.9. The molecule has 0 radical (unpaired) electrons. The van der Waals surface area contributed by atoms with Crippen LogP contribution in [-0.4, -0.2) is 18.7 Å². The Balaban J connectivity index is 4.22. The molecular weight excluding hydrogens is 215 g/mol. The monoisotopic (exact) mass is 236 g/mol. The Kier molecular flexibility index (Phi) is 7.93. The molecule has 0 fully saturated rings. The SMILES string of the molecule is CCCCCC(=O)P(=O)(OCC)OCC. The van der Waals surface area contributed by atoms with E-state index in [0.29, 0.717) is 0 Å². The molecule has 0 N–H and O–H groups in total. The van der Waals surface area contributed by atoms with Gasteiger partial charge in [0.1, 0.15) is 0 Å². The van der Waals surface area contributed by atoms with Crippen LogP contribution in [0.25, 0.3) is 0 Å². The van der Waals surface area contributed by atoms with Crippen molar-refractivity contribution in [1.29, 1.82) is 0 Å². The lowest BCUT2D eigenvalue weighted by molar-refractivity contribution is -0.114. The highest BCUT2D eigenvalue weighted by Crippen LogP contribution is 2.50. The summed E-state index contributed by atoms with van der Waals surface area (Å²) in [5, 5.41) is 0. The van der Waals surface area contributed by atoms with E-state index in [1.807, 2.05) is 0 Å². The van der Waals surface area contributed by atoms with Crippen molar-refractivity contribution in [2.45, 2.75) is 46.5 Å². The van der Waals surface area contributed by atoms with Crippen LogP contribution in [0.3, 0.4) is 0 Å². The summed E-state index contributed by atoms with van der Waals surface area (Å²) in [7, 11) is -3.49. The Morgan fingerprint density at radius 3 is 2.00 bits per heavy atom. The summed E-state index contributed by atoms with van der Waals surface area (Å²) in [6.45, 7) is 5.92. The van der Waals surface area contributed by atoms with Crippen LogP contribution in [0.2, 0.25) is 0 Å². The molecule has 0 amide bonds. The largest absolute Gasteiger partial charge is 0.396 e. The van der Waals surface area contributed by atoms with Gasteiger partial charge in [-0.05, 0) is 20.3 Å². The van der Waals surface area contributed by atoms with Crippen molar-refractivity contribution in [2.24, 2.45) is 0 Å². The van der Waals surface area contributed by atoms with Gasteiger partial charge in [0.2, 0.25) is 5.52 Å². The van der Waals surface area contributed by atoms with Crippen LogP contribution in [-0.2, 0) is 18.4 Å². The van der Waals surface area contributed by atoms with Gasteiger partial charge in [-0.2, -0.15) is 0 Å². The first-order valence-electron chi connectivity index (χ1n) is 5.53. The fourth-order valence-electron chi connectivity index (χ4n) is 1.18. The molecular formula is C10H21O4P. The molecule has 0 spiro atoms. The molecule has 0 aromatic rings. The third kappa shape index (κ3) is 5.45. The van der Waals surface area contributed by atoms with Crippen LogP contribution in [0.1, 0.15) is 46.5 Å². The first kappa shape index (κ1) is 14.8. The average Bonchev–Trinajstić information content (AvgIpc) is 2.18. The smallest absolute Gasteiger partial charge is 0.303 e. The van der Waals surface area contributed by atoms with Crippen LogP contribution in [0.5, 0.6) is 0 Å². The average molecular weight is 236 g/mol. The predicted molar refractivity (Wildman–Crippen MR) is 60.0 cm³/mol. The summed E-state index contributed by atoms with van der Waals surface area (Å²) in [6.07, 6.45) is 3.02. The molecule has 0 aliphatic carbocycles. The Hall–Kier alpha value is -0.180. The van der Waals surface area contributed by atoms with E-state index in [-0.39, 0.29) is 25.2 Å². The van der Waals surface area contributed by atoms with Gasteiger partial charge in [0.25, 0.3) is 0 Å². The second-order valence-electron chi connectivity index (χ2n) is 3.18. The highest BCUT2D eigenvalue weighted by molar-refractivity contribution is 7.71. The molecule has 0 rings (SSSR count). The van der Waals surface area contributed by atoms with Crippen molar-refractivity contribution in [2.75, 3.05) is 13.2 Å². The Bertz CT molecular complexity index is 217. The number of hydrogen-bond acceptors (Lipinski definition) is 4. The van der Waals surface area contributed by atoms with Gasteiger partial charge >= 0.3 is 7.60 Å². The summed E-state index contributed by atoms with van der Waals surface area (Å²) in [4.78, 5) is 11.6. The van der Waals surface area contributed by atoms with Crippen LogP contribution in [0.4, 0.5) is 0 Å². The van der Waals surface area contributed by atoms with Gasteiger partial charge < -0.3 is 9.05 Å². The summed E-state index contributed by atoms with van der Waals surface area (Å²) in [5.41, 5.74) is -0.389. The predicted octanol–water partition coefficient (Wildman–Crippen LogP) is 3.36. The van der Waals surface area contributed by atoms with Gasteiger partial charge in [-0.15, -0.1) is 0 Å². The highest BCUT2D eigenvalue weighted by atomic mass is 31.2. The van der Waals surface area contributed by atoms with E-state index in [2.05, 4.69) is 6.92 Å². The molecule has 0 aliphatic rings. The zero-order valence-corrected chi connectivity index (χ0v) is 10.7. The van der Waals surface area contributed by atoms with E-state index >= 15 is 0 Å². The first-order chi connectivity index (χ1) is 7.10. The van der Waals surface area contributed by atoms with Gasteiger partial charge in [-0.1, -0.05) is 19.8 Å². The maximum Gasteiger partial charge on any atom is 0.396 e. The Morgan fingerprint density at radius 1 is 1.07 bits per heavy atom. The van der Waals surface area contributed by atoms with Crippen molar-refractivity contribution in [1.82, 2.24) is 0 Å². The topological polar surface area (TPSA) is 52.6 Å². The molecule has 0 bridgehead atoms. The Labute approximate surface area is 91.9 Å². The summed E-state index contributed by atoms with van der Waals surface area (Å²) in [6, 6.07) is 0. The second kappa shape index (κ2) is 8.03. The van der Waals surface area contributed by atoms with Crippen molar-refractivity contribution in [3.63, 3.8) is 0 Å². The number of unbranched alkanes of at least 4 members (excludes halogenated alkanes) is 2. The summed E-state index contributed by atoms with van der Waals surface area (Å²) in [5.74, 6) is 0. The Morgan fingerprint density at radius 2 is 1.60 bits per heavy atom. The fraction of sp³-hybridized carbons (Fsp3) is 0.900. The summed E-state index contributed by atoms with van der Waals surface area (Å²) >= 11 is 0. The highest BCUT2D eigenvalue weighted by Gasteiger charge is 2.32. The zero-order valence-electron chi connectivity index (χ0n) is 9.82. The molecule has 0 saturated carbocycles. The minimum absolute atomic E-state index is 0.233. The van der Waals surface area contributed by atoms with Crippen LogP contribution < -0.4 is 0 Å². The van der Waals surface area contributed by atoms with Crippen molar-refractivity contribution >= 4 is 13.1 Å². The number of rotatable bonds is 9. The van der Waals surface area contributed by atoms with E-state index < -0.39 is 7.60 Å². The number of carbonyl (C=O) groups is 1. The molecule has 4 nitrogen and oxygen atoms in total. The van der Waals surface area contributed by atoms with E-state index in [1.165, 1.54) is 0 Å². The van der Waals surface area contributed by atoms with Crippen LogP contribution in [0.15, 0.2) is 0 Å². The minimum atomic E-state index is -3.49. The second-order valence-corrected chi connectivity index (χ2v) is 5.19. The van der Waals surface area contributed by atoms with Crippen LogP contribution in [0, 0.1) is 0 Å². The van der Waals surface area contributed by atoms with E-state index in [4.69, 9.17) is 9.05 Å². The summed E-state index contributed by atoms with van der Waals surface area (Å²) < 4.78 is 21.8. The zero-order chi connectivity index (χ0) is 11.7. The number of hydrogen-bond donors (Lipinski definition) is 0. The molecule has 0 heterocycles. The van der Waals surface area contributed by atoms with E-state index in [9.17, 15) is 9.36 Å². The molecule has 0 aromatic heterocycles. The lowest BCUT2D eigenvalue weighted by Crippen LogP contribution is -2.06. The lowest BCUT2D eigenvalue weighted by Gasteiger charge is -2.15. The molecule has 5 heteroatoms. The third-order valence-corrected chi connectivity index (χ3v) is 3.93. The van der Waals surface area contributed by atoms with Crippen molar-refractivity contribution in [3.8, 4) is 0 Å². The van der Waals surface area contributed by atoms with Gasteiger partial charge in [0.05, 0.1) is 13.2 Å². The molecule has 15 heavy (non-hydrogen) atoms. The number of carbonyl (C=O) groups excluding carboxylic acids is 1. The molecule has 0 unspecified atom stereocenters. The standard InChI is InChI=1S/C10H21O4P/c1-4-7-8-9-10(11)15(12,13-5-2)14-6-3/h4-9H2,1-3H3. The maximum atomic E-state index is 11.9. The molecule has 90 valence electrons. The van der Waals surface area contributed by atoms with Gasteiger partial charge in [0, 0.05) is 6.42 Å². The van der Waals surface area contributed by atoms with Crippen molar-refractivity contribution < 1.29 is 18.4 Å². The fourth-order valence-corrected chi connectivity index (χ4v) is 2.66. The van der Waals surface area contributed by atoms with Crippen LogP contribution >= 0.6 is 7.60 Å². The minimum Gasteiger partial charge on any atom is -0.303 e. The van der Waals surface area contributed by atoms with E-state index in [1.54, 1.807) is 13.8 Å².